The zero-order valence-corrected chi connectivity index (χ0v) is 10.8. The number of hydrogen-bond donors (Lipinski definition) is 2. The van der Waals surface area contributed by atoms with Gasteiger partial charge in [-0.1, -0.05) is 20.8 Å². The molecule has 5 nitrogen and oxygen atoms in total. The zero-order valence-electron chi connectivity index (χ0n) is 10.8. The molecule has 2 N–H and O–H groups in total. The molecular weight excluding hydrogens is 230 g/mol. The highest BCUT2D eigenvalue weighted by Crippen LogP contribution is 2.23. The lowest BCUT2D eigenvalue weighted by molar-refractivity contribution is -0.136. The van der Waals surface area contributed by atoms with Gasteiger partial charge in [0.25, 0.3) is 0 Å². The number of aromatic amines is 1. The van der Waals surface area contributed by atoms with Gasteiger partial charge in [-0.15, -0.1) is 0 Å². The van der Waals surface area contributed by atoms with Crippen LogP contribution in [0.5, 0.6) is 0 Å². The molecule has 5 heteroatoms. The average Bonchev–Trinajstić information content (AvgIpc) is 2.70. The third kappa shape index (κ3) is 2.20. The Balaban J connectivity index is 2.62. The van der Waals surface area contributed by atoms with Crippen LogP contribution < -0.4 is 0 Å². The molecule has 2 aromatic rings. The summed E-state index contributed by atoms with van der Waals surface area (Å²) in [5.41, 5.74) is 2.41. The molecule has 96 valence electrons. The van der Waals surface area contributed by atoms with Gasteiger partial charge in [0.2, 0.25) is 0 Å². The van der Waals surface area contributed by atoms with Gasteiger partial charge in [0.15, 0.2) is 0 Å². The van der Waals surface area contributed by atoms with Crippen LogP contribution in [0.3, 0.4) is 0 Å². The minimum atomic E-state index is -0.842. The average molecular weight is 247 g/mol. The SMILES string of the molecule is CCc1nc(C(C)C)nc2[nH]cc(CC(=O)O)c12. The number of nitrogens with zero attached hydrogens (tertiary/aromatic N) is 2. The number of fused-ring (bicyclic) bond motifs is 1. The predicted molar refractivity (Wildman–Crippen MR) is 68.7 cm³/mol. The van der Waals surface area contributed by atoms with Crippen LogP contribution in [0.2, 0.25) is 0 Å². The van der Waals surface area contributed by atoms with E-state index in [4.69, 9.17) is 5.11 Å². The molecule has 0 aliphatic carbocycles. The standard InChI is InChI=1S/C13H17N3O2/c1-4-9-11-8(5-10(17)18)6-14-13(11)16-12(15-9)7(2)3/h6-7H,4-5H2,1-3H3,(H,17,18)(H,14,15,16). The number of rotatable bonds is 4. The Morgan fingerprint density at radius 1 is 1.44 bits per heavy atom. The second kappa shape index (κ2) is 4.76. The molecule has 0 aliphatic rings. The number of aliphatic carboxylic acids is 1. The molecule has 0 saturated carbocycles. The molecule has 0 atom stereocenters. The highest BCUT2D eigenvalue weighted by Gasteiger charge is 2.15. The maximum atomic E-state index is 10.8. The van der Waals surface area contributed by atoms with Crippen LogP contribution in [0.1, 0.15) is 43.8 Å². The summed E-state index contributed by atoms with van der Waals surface area (Å²) in [6.07, 6.45) is 2.48. The summed E-state index contributed by atoms with van der Waals surface area (Å²) in [5.74, 6) is 0.208. The van der Waals surface area contributed by atoms with E-state index in [0.717, 1.165) is 34.5 Å². The lowest BCUT2D eigenvalue weighted by atomic mass is 10.1. The lowest BCUT2D eigenvalue weighted by Crippen LogP contribution is -2.04. The van der Waals surface area contributed by atoms with Crippen LogP contribution in [0.4, 0.5) is 0 Å². The molecule has 0 aliphatic heterocycles. The first-order valence-corrected chi connectivity index (χ1v) is 6.11. The van der Waals surface area contributed by atoms with Crippen LogP contribution in [0, 0.1) is 0 Å². The van der Waals surface area contributed by atoms with E-state index in [0.29, 0.717) is 0 Å². The molecule has 2 rings (SSSR count). The Labute approximate surface area is 105 Å². The molecule has 0 fully saturated rings. The van der Waals surface area contributed by atoms with Gasteiger partial charge in [-0.2, -0.15) is 0 Å². The third-order valence-electron chi connectivity index (χ3n) is 2.90. The van der Waals surface area contributed by atoms with Gasteiger partial charge in [0.05, 0.1) is 12.1 Å². The fraction of sp³-hybridized carbons (Fsp3) is 0.462. The first-order valence-electron chi connectivity index (χ1n) is 6.11. The van der Waals surface area contributed by atoms with E-state index in [9.17, 15) is 4.79 Å². The maximum Gasteiger partial charge on any atom is 0.307 e. The molecule has 18 heavy (non-hydrogen) atoms. The van der Waals surface area contributed by atoms with E-state index in [-0.39, 0.29) is 12.3 Å². The highest BCUT2D eigenvalue weighted by molar-refractivity contribution is 5.86. The van der Waals surface area contributed by atoms with Gasteiger partial charge >= 0.3 is 5.97 Å². The molecule has 0 radical (unpaired) electrons. The Kier molecular flexibility index (Phi) is 3.32. The summed E-state index contributed by atoms with van der Waals surface area (Å²) in [5, 5.41) is 9.76. The van der Waals surface area contributed by atoms with E-state index in [1.54, 1.807) is 6.20 Å². The lowest BCUT2D eigenvalue weighted by Gasteiger charge is -2.07. The number of hydrogen-bond acceptors (Lipinski definition) is 3. The summed E-state index contributed by atoms with van der Waals surface area (Å²) < 4.78 is 0. The van der Waals surface area contributed by atoms with E-state index in [1.165, 1.54) is 0 Å². The number of carboxylic acids is 1. The van der Waals surface area contributed by atoms with Crippen molar-refractivity contribution >= 4 is 17.0 Å². The van der Waals surface area contributed by atoms with Crippen molar-refractivity contribution in [3.05, 3.63) is 23.3 Å². The van der Waals surface area contributed by atoms with E-state index >= 15 is 0 Å². The predicted octanol–water partition coefficient (Wildman–Crippen LogP) is 2.27. The number of aryl methyl sites for hydroxylation is 1. The summed E-state index contributed by atoms with van der Waals surface area (Å²) in [7, 11) is 0. The monoisotopic (exact) mass is 247 g/mol. The smallest absolute Gasteiger partial charge is 0.307 e. The third-order valence-corrected chi connectivity index (χ3v) is 2.90. The van der Waals surface area contributed by atoms with Crippen molar-refractivity contribution < 1.29 is 9.90 Å². The Bertz CT molecular complexity index is 587. The van der Waals surface area contributed by atoms with Crippen molar-refractivity contribution in [2.75, 3.05) is 0 Å². The number of H-pyrrole nitrogens is 1. The number of carbonyl (C=O) groups is 1. The summed E-state index contributed by atoms with van der Waals surface area (Å²) in [6.45, 7) is 6.10. The fourth-order valence-corrected chi connectivity index (χ4v) is 2.01. The minimum Gasteiger partial charge on any atom is -0.481 e. The van der Waals surface area contributed by atoms with Gasteiger partial charge in [-0.05, 0) is 12.0 Å². The van der Waals surface area contributed by atoms with E-state index in [1.807, 2.05) is 20.8 Å². The minimum absolute atomic E-state index is 0.00259. The van der Waals surface area contributed by atoms with Crippen LogP contribution in [-0.4, -0.2) is 26.0 Å². The molecule has 0 saturated heterocycles. The van der Waals surface area contributed by atoms with Crippen LogP contribution in [-0.2, 0) is 17.6 Å². The van der Waals surface area contributed by atoms with E-state index in [2.05, 4.69) is 15.0 Å². The number of nitrogens with one attached hydrogen (secondary N) is 1. The normalized spacial score (nSPS) is 11.3. The van der Waals surface area contributed by atoms with E-state index < -0.39 is 5.97 Å². The Hall–Kier alpha value is -1.91. The molecule has 0 unspecified atom stereocenters. The zero-order chi connectivity index (χ0) is 13.3. The molecular formula is C13H17N3O2. The molecule has 0 spiro atoms. The summed E-state index contributed by atoms with van der Waals surface area (Å²) in [6, 6.07) is 0. The topological polar surface area (TPSA) is 78.9 Å². The van der Waals surface area contributed by atoms with Crippen LogP contribution in [0.25, 0.3) is 11.0 Å². The highest BCUT2D eigenvalue weighted by atomic mass is 16.4. The maximum absolute atomic E-state index is 10.8. The van der Waals surface area contributed by atoms with Gasteiger partial charge < -0.3 is 10.1 Å². The van der Waals surface area contributed by atoms with Crippen molar-refractivity contribution in [3.8, 4) is 0 Å². The second-order valence-corrected chi connectivity index (χ2v) is 4.64. The van der Waals surface area contributed by atoms with Gasteiger partial charge in [-0.3, -0.25) is 4.79 Å². The van der Waals surface area contributed by atoms with Crippen LogP contribution >= 0.6 is 0 Å². The summed E-state index contributed by atoms with van der Waals surface area (Å²) in [4.78, 5) is 22.9. The van der Waals surface area contributed by atoms with Crippen LogP contribution in [0.15, 0.2) is 6.20 Å². The van der Waals surface area contributed by atoms with Crippen molar-refractivity contribution in [1.29, 1.82) is 0 Å². The largest absolute Gasteiger partial charge is 0.481 e. The number of carboxylic acid groups (broad SMARTS) is 1. The Morgan fingerprint density at radius 2 is 2.17 bits per heavy atom. The first kappa shape index (κ1) is 12.5. The van der Waals surface area contributed by atoms with Crippen molar-refractivity contribution in [2.45, 2.75) is 39.5 Å². The summed E-state index contributed by atoms with van der Waals surface area (Å²) >= 11 is 0. The molecule has 0 aromatic carbocycles. The quantitative estimate of drug-likeness (QED) is 0.868. The first-order chi connectivity index (χ1) is 8.52. The molecule has 0 bridgehead atoms. The second-order valence-electron chi connectivity index (χ2n) is 4.64. The van der Waals surface area contributed by atoms with Crippen molar-refractivity contribution in [2.24, 2.45) is 0 Å². The Morgan fingerprint density at radius 3 is 2.72 bits per heavy atom. The number of aromatic nitrogens is 3. The van der Waals surface area contributed by atoms with Gasteiger partial charge in [0.1, 0.15) is 11.5 Å². The molecule has 2 heterocycles. The van der Waals surface area contributed by atoms with Gasteiger partial charge in [-0.25, -0.2) is 9.97 Å². The van der Waals surface area contributed by atoms with Gasteiger partial charge in [0, 0.05) is 17.5 Å². The molecule has 2 aromatic heterocycles. The fourth-order valence-electron chi connectivity index (χ4n) is 2.01. The van der Waals surface area contributed by atoms with Crippen molar-refractivity contribution in [1.82, 2.24) is 15.0 Å². The molecule has 0 amide bonds. The van der Waals surface area contributed by atoms with Crippen molar-refractivity contribution in [3.63, 3.8) is 0 Å².